The standard InChI is InChI=1S/C15H18N2O/c1-17-9-8-16-14(17)7-6-12-10-11-4-2-3-5-13(11)15(12)18/h2-5,8-9,12,15,18H,6-7,10H2,1H3. The Morgan fingerprint density at radius 2 is 2.22 bits per heavy atom. The third-order valence-corrected chi connectivity index (χ3v) is 3.96. The van der Waals surface area contributed by atoms with Crippen molar-refractivity contribution in [1.29, 1.82) is 0 Å². The minimum absolute atomic E-state index is 0.304. The highest BCUT2D eigenvalue weighted by Crippen LogP contribution is 2.38. The summed E-state index contributed by atoms with van der Waals surface area (Å²) < 4.78 is 2.05. The molecule has 0 radical (unpaired) electrons. The Balaban J connectivity index is 1.68. The van der Waals surface area contributed by atoms with E-state index in [2.05, 4.69) is 15.6 Å². The number of imidazole rings is 1. The van der Waals surface area contributed by atoms with Crippen LogP contribution in [0.1, 0.15) is 29.5 Å². The Morgan fingerprint density at radius 1 is 1.39 bits per heavy atom. The zero-order valence-electron chi connectivity index (χ0n) is 10.6. The number of aromatic nitrogens is 2. The van der Waals surface area contributed by atoms with Crippen molar-refractivity contribution in [1.82, 2.24) is 9.55 Å². The van der Waals surface area contributed by atoms with E-state index in [-0.39, 0.29) is 6.10 Å². The van der Waals surface area contributed by atoms with E-state index in [0.29, 0.717) is 5.92 Å². The summed E-state index contributed by atoms with van der Waals surface area (Å²) in [5, 5.41) is 10.3. The lowest BCUT2D eigenvalue weighted by molar-refractivity contribution is 0.118. The number of aliphatic hydroxyl groups excluding tert-OH is 1. The van der Waals surface area contributed by atoms with Gasteiger partial charge >= 0.3 is 0 Å². The maximum atomic E-state index is 10.3. The van der Waals surface area contributed by atoms with E-state index in [1.54, 1.807) is 0 Å². The predicted molar refractivity (Wildman–Crippen MR) is 70.1 cm³/mol. The van der Waals surface area contributed by atoms with Crippen molar-refractivity contribution in [3.8, 4) is 0 Å². The van der Waals surface area contributed by atoms with Gasteiger partial charge in [-0.1, -0.05) is 24.3 Å². The van der Waals surface area contributed by atoms with Crippen molar-refractivity contribution in [2.75, 3.05) is 0 Å². The van der Waals surface area contributed by atoms with Crippen LogP contribution < -0.4 is 0 Å². The predicted octanol–water partition coefficient (Wildman–Crippen LogP) is 2.26. The first-order valence-electron chi connectivity index (χ1n) is 6.48. The Hall–Kier alpha value is -1.61. The molecule has 3 nitrogen and oxygen atoms in total. The van der Waals surface area contributed by atoms with Crippen LogP contribution in [0.3, 0.4) is 0 Å². The quantitative estimate of drug-likeness (QED) is 0.896. The van der Waals surface area contributed by atoms with E-state index in [0.717, 1.165) is 30.7 Å². The van der Waals surface area contributed by atoms with Gasteiger partial charge in [-0.3, -0.25) is 0 Å². The van der Waals surface area contributed by atoms with Crippen LogP contribution >= 0.6 is 0 Å². The molecule has 0 bridgehead atoms. The Bertz CT molecular complexity index is 547. The molecule has 94 valence electrons. The van der Waals surface area contributed by atoms with Gasteiger partial charge in [0.05, 0.1) is 6.10 Å². The van der Waals surface area contributed by atoms with E-state index >= 15 is 0 Å². The molecule has 18 heavy (non-hydrogen) atoms. The summed E-state index contributed by atoms with van der Waals surface area (Å²) in [7, 11) is 2.02. The van der Waals surface area contributed by atoms with Gasteiger partial charge < -0.3 is 9.67 Å². The van der Waals surface area contributed by atoms with E-state index in [1.807, 2.05) is 37.6 Å². The fourth-order valence-corrected chi connectivity index (χ4v) is 2.87. The fraction of sp³-hybridized carbons (Fsp3) is 0.400. The van der Waals surface area contributed by atoms with Crippen LogP contribution in [0.4, 0.5) is 0 Å². The van der Waals surface area contributed by atoms with E-state index in [4.69, 9.17) is 0 Å². The number of aryl methyl sites for hydroxylation is 2. The molecule has 1 aliphatic carbocycles. The first kappa shape index (κ1) is 11.5. The van der Waals surface area contributed by atoms with Gasteiger partial charge in [-0.15, -0.1) is 0 Å². The summed E-state index contributed by atoms with van der Waals surface area (Å²) in [6.45, 7) is 0. The van der Waals surface area contributed by atoms with E-state index in [1.165, 1.54) is 5.56 Å². The van der Waals surface area contributed by atoms with Crippen LogP contribution in [0.15, 0.2) is 36.7 Å². The highest BCUT2D eigenvalue weighted by molar-refractivity contribution is 5.34. The summed E-state index contributed by atoms with van der Waals surface area (Å²) in [4.78, 5) is 4.33. The minimum Gasteiger partial charge on any atom is -0.388 e. The number of nitrogens with zero attached hydrogens (tertiary/aromatic N) is 2. The fourth-order valence-electron chi connectivity index (χ4n) is 2.87. The second kappa shape index (κ2) is 4.58. The Morgan fingerprint density at radius 3 is 2.94 bits per heavy atom. The highest BCUT2D eigenvalue weighted by Gasteiger charge is 2.30. The summed E-state index contributed by atoms with van der Waals surface area (Å²) in [5.74, 6) is 1.43. The van der Waals surface area contributed by atoms with Crippen molar-refractivity contribution in [2.45, 2.75) is 25.4 Å². The number of benzene rings is 1. The molecule has 0 spiro atoms. The van der Waals surface area contributed by atoms with E-state index in [9.17, 15) is 5.11 Å². The summed E-state index contributed by atoms with van der Waals surface area (Å²) in [6, 6.07) is 8.22. The van der Waals surface area contributed by atoms with Gasteiger partial charge in [-0.2, -0.15) is 0 Å². The Kier molecular flexibility index (Phi) is 2.92. The van der Waals surface area contributed by atoms with Gasteiger partial charge in [0, 0.05) is 25.9 Å². The van der Waals surface area contributed by atoms with Gasteiger partial charge in [-0.25, -0.2) is 4.98 Å². The zero-order valence-corrected chi connectivity index (χ0v) is 10.6. The lowest BCUT2D eigenvalue weighted by Crippen LogP contribution is -2.10. The van der Waals surface area contributed by atoms with Gasteiger partial charge in [0.2, 0.25) is 0 Å². The van der Waals surface area contributed by atoms with Crippen LogP contribution in [0.5, 0.6) is 0 Å². The van der Waals surface area contributed by atoms with Crippen molar-refractivity contribution < 1.29 is 5.11 Å². The number of rotatable bonds is 3. The molecule has 1 N–H and O–H groups in total. The SMILES string of the molecule is Cn1ccnc1CCC1Cc2ccccc2C1O. The number of hydrogen-bond donors (Lipinski definition) is 1. The zero-order chi connectivity index (χ0) is 12.5. The third kappa shape index (κ3) is 1.95. The number of aliphatic hydroxyl groups is 1. The third-order valence-electron chi connectivity index (χ3n) is 3.96. The molecule has 0 aliphatic heterocycles. The monoisotopic (exact) mass is 242 g/mol. The molecule has 1 aromatic heterocycles. The molecule has 0 saturated carbocycles. The molecule has 3 rings (SSSR count). The second-order valence-corrected chi connectivity index (χ2v) is 5.10. The van der Waals surface area contributed by atoms with Crippen LogP contribution in [0.2, 0.25) is 0 Å². The molecule has 0 amide bonds. The van der Waals surface area contributed by atoms with Gasteiger partial charge in [-0.05, 0) is 29.9 Å². The second-order valence-electron chi connectivity index (χ2n) is 5.10. The number of fused-ring (bicyclic) bond motifs is 1. The van der Waals surface area contributed by atoms with Crippen molar-refractivity contribution in [3.63, 3.8) is 0 Å². The molecular weight excluding hydrogens is 224 g/mol. The first-order valence-corrected chi connectivity index (χ1v) is 6.48. The molecule has 1 heterocycles. The molecule has 0 fully saturated rings. The molecule has 2 unspecified atom stereocenters. The van der Waals surface area contributed by atoms with Gasteiger partial charge in [0.1, 0.15) is 5.82 Å². The lowest BCUT2D eigenvalue weighted by atomic mass is 9.97. The molecule has 0 saturated heterocycles. The average Bonchev–Trinajstić information content (AvgIpc) is 2.92. The Labute approximate surface area is 107 Å². The molecule has 2 atom stereocenters. The minimum atomic E-state index is -0.304. The average molecular weight is 242 g/mol. The summed E-state index contributed by atoms with van der Waals surface area (Å²) in [5.41, 5.74) is 2.41. The molecule has 3 heteroatoms. The first-order chi connectivity index (χ1) is 8.75. The molecule has 2 aromatic rings. The molecule has 1 aromatic carbocycles. The highest BCUT2D eigenvalue weighted by atomic mass is 16.3. The van der Waals surface area contributed by atoms with Gasteiger partial charge in [0.25, 0.3) is 0 Å². The topological polar surface area (TPSA) is 38.0 Å². The summed E-state index contributed by atoms with van der Waals surface area (Å²) in [6.07, 6.45) is 6.40. The van der Waals surface area contributed by atoms with Crippen LogP contribution in [0, 0.1) is 5.92 Å². The maximum absolute atomic E-state index is 10.3. The maximum Gasteiger partial charge on any atom is 0.108 e. The molecular formula is C15H18N2O. The lowest BCUT2D eigenvalue weighted by Gasteiger charge is -2.14. The van der Waals surface area contributed by atoms with Crippen LogP contribution in [-0.4, -0.2) is 14.7 Å². The van der Waals surface area contributed by atoms with Crippen molar-refractivity contribution in [3.05, 3.63) is 53.6 Å². The largest absolute Gasteiger partial charge is 0.388 e. The van der Waals surface area contributed by atoms with Crippen LogP contribution in [-0.2, 0) is 19.9 Å². The van der Waals surface area contributed by atoms with Crippen molar-refractivity contribution >= 4 is 0 Å². The van der Waals surface area contributed by atoms with Crippen molar-refractivity contribution in [2.24, 2.45) is 13.0 Å². The number of hydrogen-bond acceptors (Lipinski definition) is 2. The molecule has 1 aliphatic rings. The van der Waals surface area contributed by atoms with E-state index < -0.39 is 0 Å². The summed E-state index contributed by atoms with van der Waals surface area (Å²) >= 11 is 0. The van der Waals surface area contributed by atoms with Crippen LogP contribution in [0.25, 0.3) is 0 Å². The van der Waals surface area contributed by atoms with Gasteiger partial charge in [0.15, 0.2) is 0 Å². The smallest absolute Gasteiger partial charge is 0.108 e. The normalized spacial score (nSPS) is 22.1.